The second-order valence-electron chi connectivity index (χ2n) is 9.66. The molecule has 1 aliphatic carbocycles. The van der Waals surface area contributed by atoms with E-state index in [4.69, 9.17) is 9.47 Å². The highest BCUT2D eigenvalue weighted by atomic mass is 16.5. The molecule has 0 atom stereocenters. The third kappa shape index (κ3) is 6.41. The molecule has 1 aliphatic heterocycles. The van der Waals surface area contributed by atoms with E-state index in [1.807, 2.05) is 18.3 Å². The fourth-order valence-electron chi connectivity index (χ4n) is 5.71. The molecule has 0 spiro atoms. The van der Waals surface area contributed by atoms with Gasteiger partial charge in [0.25, 0.3) is 0 Å². The van der Waals surface area contributed by atoms with Crippen molar-refractivity contribution >= 4 is 5.82 Å². The zero-order valence-electron chi connectivity index (χ0n) is 20.5. The van der Waals surface area contributed by atoms with Gasteiger partial charge >= 0.3 is 0 Å². The zero-order valence-corrected chi connectivity index (χ0v) is 20.5. The van der Waals surface area contributed by atoms with E-state index in [0.29, 0.717) is 5.92 Å². The molecule has 4 rings (SSSR count). The summed E-state index contributed by atoms with van der Waals surface area (Å²) >= 11 is 0. The molecule has 1 aromatic carbocycles. The van der Waals surface area contributed by atoms with Crippen LogP contribution in [0.3, 0.4) is 0 Å². The first-order valence-corrected chi connectivity index (χ1v) is 12.9. The lowest BCUT2D eigenvalue weighted by atomic mass is 9.76. The number of pyridine rings is 1. The van der Waals surface area contributed by atoms with Crippen molar-refractivity contribution in [1.29, 1.82) is 0 Å². The molecule has 2 fully saturated rings. The molecule has 180 valence electrons. The number of rotatable bonds is 10. The number of piperazine rings is 1. The highest BCUT2D eigenvalue weighted by Gasteiger charge is 2.27. The van der Waals surface area contributed by atoms with Crippen molar-refractivity contribution in [3.05, 3.63) is 48.2 Å². The Hall–Kier alpha value is -2.27. The summed E-state index contributed by atoms with van der Waals surface area (Å²) in [5.41, 5.74) is 1.28. The van der Waals surface area contributed by atoms with Crippen LogP contribution < -0.4 is 14.4 Å². The van der Waals surface area contributed by atoms with E-state index in [2.05, 4.69) is 39.0 Å². The van der Waals surface area contributed by atoms with Gasteiger partial charge in [-0.15, -0.1) is 0 Å². The van der Waals surface area contributed by atoms with Crippen LogP contribution in [0.2, 0.25) is 0 Å². The Labute approximate surface area is 200 Å². The summed E-state index contributed by atoms with van der Waals surface area (Å²) in [6.07, 6.45) is 12.5. The number of unbranched alkanes of at least 4 members (excludes halogenated alkanes) is 2. The van der Waals surface area contributed by atoms with E-state index in [9.17, 15) is 0 Å². The molecule has 1 saturated carbocycles. The van der Waals surface area contributed by atoms with Crippen molar-refractivity contribution in [3.8, 4) is 11.5 Å². The van der Waals surface area contributed by atoms with E-state index in [0.717, 1.165) is 49.4 Å². The first-order valence-electron chi connectivity index (χ1n) is 12.9. The molecule has 2 heterocycles. The van der Waals surface area contributed by atoms with Gasteiger partial charge in [-0.3, -0.25) is 4.90 Å². The van der Waals surface area contributed by atoms with Crippen LogP contribution in [0.4, 0.5) is 5.82 Å². The second-order valence-corrected chi connectivity index (χ2v) is 9.66. The summed E-state index contributed by atoms with van der Waals surface area (Å²) in [7, 11) is 3.54. The van der Waals surface area contributed by atoms with Gasteiger partial charge in [-0.1, -0.05) is 31.4 Å². The highest BCUT2D eigenvalue weighted by Crippen LogP contribution is 2.44. The summed E-state index contributed by atoms with van der Waals surface area (Å²) in [5.74, 6) is 4.55. The van der Waals surface area contributed by atoms with Gasteiger partial charge in [0.1, 0.15) is 17.3 Å². The van der Waals surface area contributed by atoms with E-state index in [-0.39, 0.29) is 0 Å². The van der Waals surface area contributed by atoms with Gasteiger partial charge in [0.2, 0.25) is 0 Å². The molecule has 1 saturated heterocycles. The Morgan fingerprint density at radius 2 is 1.55 bits per heavy atom. The van der Waals surface area contributed by atoms with Gasteiger partial charge in [0.15, 0.2) is 0 Å². The van der Waals surface area contributed by atoms with Crippen LogP contribution in [0.5, 0.6) is 11.5 Å². The van der Waals surface area contributed by atoms with Gasteiger partial charge in [0, 0.05) is 37.9 Å². The number of benzene rings is 1. The number of ether oxygens (including phenoxy) is 2. The predicted molar refractivity (Wildman–Crippen MR) is 136 cm³/mol. The Bertz CT molecular complexity index is 806. The molecule has 0 radical (unpaired) electrons. The quantitative estimate of drug-likeness (QED) is 0.430. The first-order chi connectivity index (χ1) is 16.3. The van der Waals surface area contributed by atoms with Crippen molar-refractivity contribution in [3.63, 3.8) is 0 Å². The molecule has 5 heteroatoms. The fourth-order valence-corrected chi connectivity index (χ4v) is 5.71. The van der Waals surface area contributed by atoms with Gasteiger partial charge < -0.3 is 14.4 Å². The maximum Gasteiger partial charge on any atom is 0.128 e. The van der Waals surface area contributed by atoms with Crippen LogP contribution in [0.15, 0.2) is 42.6 Å². The van der Waals surface area contributed by atoms with E-state index >= 15 is 0 Å². The second kappa shape index (κ2) is 12.3. The molecule has 0 N–H and O–H groups in total. The summed E-state index contributed by atoms with van der Waals surface area (Å²) in [5, 5.41) is 0. The van der Waals surface area contributed by atoms with Gasteiger partial charge in [-0.05, 0) is 74.8 Å². The summed E-state index contributed by atoms with van der Waals surface area (Å²) < 4.78 is 11.3. The van der Waals surface area contributed by atoms with Gasteiger partial charge in [-0.2, -0.15) is 0 Å². The van der Waals surface area contributed by atoms with E-state index < -0.39 is 0 Å². The van der Waals surface area contributed by atoms with Crippen LogP contribution >= 0.6 is 0 Å². The predicted octanol–water partition coefficient (Wildman–Crippen LogP) is 5.76. The molecular formula is C28H41N3O2. The normalized spacial score (nSPS) is 21.7. The van der Waals surface area contributed by atoms with Crippen LogP contribution in [0.25, 0.3) is 0 Å². The Balaban J connectivity index is 1.10. The summed E-state index contributed by atoms with van der Waals surface area (Å²) in [4.78, 5) is 9.53. The Kier molecular flexibility index (Phi) is 8.87. The van der Waals surface area contributed by atoms with Crippen LogP contribution in [-0.4, -0.2) is 56.8 Å². The van der Waals surface area contributed by atoms with Crippen molar-refractivity contribution in [2.75, 3.05) is 51.8 Å². The Morgan fingerprint density at radius 1 is 0.818 bits per heavy atom. The van der Waals surface area contributed by atoms with Crippen LogP contribution in [0, 0.1) is 5.92 Å². The van der Waals surface area contributed by atoms with E-state index in [1.165, 1.54) is 63.5 Å². The molecule has 0 unspecified atom stereocenters. The smallest absolute Gasteiger partial charge is 0.128 e. The van der Waals surface area contributed by atoms with Crippen molar-refractivity contribution < 1.29 is 9.47 Å². The summed E-state index contributed by atoms with van der Waals surface area (Å²) in [6, 6.07) is 12.4. The SMILES string of the molecule is COc1cccc(OC)c1C1CCC(CCCCCN2CCN(c3ccccn3)CC2)CC1. The standard InChI is InChI=1S/C28H41N3O2/c1-32-25-10-8-11-26(33-2)28(25)24-15-13-23(14-16-24)9-4-3-7-18-30-19-21-31(22-20-30)27-12-5-6-17-29-27/h5-6,8,10-12,17,23-24H,3-4,7,9,13-16,18-22H2,1-2H3. The number of hydrogen-bond donors (Lipinski definition) is 0. The highest BCUT2D eigenvalue weighted by molar-refractivity contribution is 5.47. The molecule has 2 aromatic rings. The molecule has 33 heavy (non-hydrogen) atoms. The number of anilines is 1. The van der Waals surface area contributed by atoms with Gasteiger partial charge in [-0.25, -0.2) is 4.98 Å². The average Bonchev–Trinajstić information content (AvgIpc) is 2.89. The number of nitrogens with zero attached hydrogens (tertiary/aromatic N) is 3. The number of aromatic nitrogens is 1. The zero-order chi connectivity index (χ0) is 22.9. The maximum atomic E-state index is 5.65. The van der Waals surface area contributed by atoms with Crippen molar-refractivity contribution in [1.82, 2.24) is 9.88 Å². The van der Waals surface area contributed by atoms with Crippen molar-refractivity contribution in [2.24, 2.45) is 5.92 Å². The third-order valence-electron chi connectivity index (χ3n) is 7.65. The molecule has 1 aromatic heterocycles. The fraction of sp³-hybridized carbons (Fsp3) is 0.607. The Morgan fingerprint density at radius 3 is 2.18 bits per heavy atom. The lowest BCUT2D eigenvalue weighted by Crippen LogP contribution is -2.46. The van der Waals surface area contributed by atoms with E-state index in [1.54, 1.807) is 14.2 Å². The number of methoxy groups -OCH3 is 2. The molecular weight excluding hydrogens is 410 g/mol. The minimum absolute atomic E-state index is 0.567. The molecule has 5 nitrogen and oxygen atoms in total. The third-order valence-corrected chi connectivity index (χ3v) is 7.65. The van der Waals surface area contributed by atoms with Crippen LogP contribution in [-0.2, 0) is 0 Å². The topological polar surface area (TPSA) is 37.8 Å². The monoisotopic (exact) mass is 451 g/mol. The number of hydrogen-bond acceptors (Lipinski definition) is 5. The lowest BCUT2D eigenvalue weighted by Gasteiger charge is -2.35. The largest absolute Gasteiger partial charge is 0.496 e. The minimum Gasteiger partial charge on any atom is -0.496 e. The maximum absolute atomic E-state index is 5.65. The molecule has 0 bridgehead atoms. The summed E-state index contributed by atoms with van der Waals surface area (Å²) in [6.45, 7) is 5.75. The lowest BCUT2D eigenvalue weighted by molar-refractivity contribution is 0.247. The van der Waals surface area contributed by atoms with Crippen LogP contribution in [0.1, 0.15) is 62.8 Å². The average molecular weight is 452 g/mol. The molecule has 2 aliphatic rings. The van der Waals surface area contributed by atoms with Crippen molar-refractivity contribution in [2.45, 2.75) is 57.3 Å². The minimum atomic E-state index is 0.567. The van der Waals surface area contributed by atoms with Gasteiger partial charge in [0.05, 0.1) is 14.2 Å². The molecule has 0 amide bonds. The first kappa shape index (κ1) is 23.9.